The molecule has 19 heavy (non-hydrogen) atoms. The molecule has 0 N–H and O–H groups in total. The number of nitrogens with zero attached hydrogens (tertiary/aromatic N) is 1. The monoisotopic (exact) mass is 259 g/mol. The van der Waals surface area contributed by atoms with Crippen LogP contribution in [0.15, 0.2) is 18.2 Å². The van der Waals surface area contributed by atoms with Crippen LogP contribution in [-0.2, 0) is 6.42 Å². The summed E-state index contributed by atoms with van der Waals surface area (Å²) in [7, 11) is 0. The van der Waals surface area contributed by atoms with Crippen molar-refractivity contribution in [1.82, 2.24) is 4.90 Å². The summed E-state index contributed by atoms with van der Waals surface area (Å²) in [5.41, 5.74) is 2.01. The molecule has 0 saturated carbocycles. The van der Waals surface area contributed by atoms with Crippen LogP contribution in [0.4, 0.5) is 0 Å². The van der Waals surface area contributed by atoms with Crippen molar-refractivity contribution in [2.45, 2.75) is 38.6 Å². The van der Waals surface area contributed by atoms with Crippen molar-refractivity contribution in [2.24, 2.45) is 0 Å². The van der Waals surface area contributed by atoms with Crippen LogP contribution in [0.5, 0.6) is 5.75 Å². The Balaban J connectivity index is 1.70. The van der Waals surface area contributed by atoms with Crippen molar-refractivity contribution in [3.63, 3.8) is 0 Å². The third-order valence-electron chi connectivity index (χ3n) is 4.30. The average molecular weight is 259 g/mol. The predicted octanol–water partition coefficient (Wildman–Crippen LogP) is 2.68. The van der Waals surface area contributed by atoms with Gasteiger partial charge in [0.05, 0.1) is 13.2 Å². The summed E-state index contributed by atoms with van der Waals surface area (Å²) in [6.07, 6.45) is 4.65. The molecule has 2 aliphatic heterocycles. The van der Waals surface area contributed by atoms with E-state index in [2.05, 4.69) is 11.8 Å². The Morgan fingerprint density at radius 1 is 1.42 bits per heavy atom. The van der Waals surface area contributed by atoms with Gasteiger partial charge in [-0.3, -0.25) is 9.69 Å². The van der Waals surface area contributed by atoms with Gasteiger partial charge in [0.25, 0.3) is 0 Å². The molecule has 1 aromatic carbocycles. The third kappa shape index (κ3) is 2.66. The van der Waals surface area contributed by atoms with Gasteiger partial charge in [0, 0.05) is 18.0 Å². The molecule has 1 aromatic rings. The molecular weight excluding hydrogens is 238 g/mol. The number of Topliss-reactive ketones (excluding diaryl/α,β-unsaturated/α-hetero) is 1. The number of rotatable bonds is 3. The fourth-order valence-corrected chi connectivity index (χ4v) is 3.03. The maximum atomic E-state index is 12.4. The highest BCUT2D eigenvalue weighted by Gasteiger charge is 2.22. The lowest BCUT2D eigenvalue weighted by Crippen LogP contribution is -2.40. The summed E-state index contributed by atoms with van der Waals surface area (Å²) >= 11 is 0. The van der Waals surface area contributed by atoms with E-state index in [1.807, 2.05) is 18.2 Å². The largest absolute Gasteiger partial charge is 0.493 e. The average Bonchev–Trinajstić information content (AvgIpc) is 2.88. The molecule has 0 aliphatic carbocycles. The van der Waals surface area contributed by atoms with Gasteiger partial charge in [0.2, 0.25) is 0 Å². The molecule has 1 atom stereocenters. The highest BCUT2D eigenvalue weighted by molar-refractivity contribution is 5.98. The first-order valence-electron chi connectivity index (χ1n) is 7.27. The van der Waals surface area contributed by atoms with Crippen LogP contribution in [0.2, 0.25) is 0 Å². The molecule has 3 rings (SSSR count). The van der Waals surface area contributed by atoms with Crippen LogP contribution < -0.4 is 4.74 Å². The van der Waals surface area contributed by atoms with Crippen molar-refractivity contribution in [2.75, 3.05) is 19.7 Å². The number of ketones is 1. The Morgan fingerprint density at radius 3 is 3.16 bits per heavy atom. The molecule has 0 aromatic heterocycles. The summed E-state index contributed by atoms with van der Waals surface area (Å²) in [4.78, 5) is 14.7. The van der Waals surface area contributed by atoms with Gasteiger partial charge in [0.1, 0.15) is 5.75 Å². The molecule has 0 radical (unpaired) electrons. The fraction of sp³-hybridized carbons (Fsp3) is 0.562. The molecular formula is C16H21NO2. The molecule has 0 bridgehead atoms. The molecule has 0 amide bonds. The third-order valence-corrected chi connectivity index (χ3v) is 4.30. The van der Waals surface area contributed by atoms with E-state index in [1.54, 1.807) is 0 Å². The zero-order valence-electron chi connectivity index (χ0n) is 11.5. The molecule has 3 nitrogen and oxygen atoms in total. The molecule has 1 fully saturated rings. The Labute approximate surface area is 114 Å². The van der Waals surface area contributed by atoms with E-state index in [-0.39, 0.29) is 5.78 Å². The minimum atomic E-state index is 0.239. The Hall–Kier alpha value is -1.35. The number of carbonyl (C=O) groups excluding carboxylic acids is 1. The normalized spacial score (nSPS) is 22.9. The molecule has 1 saturated heterocycles. The van der Waals surface area contributed by atoms with Crippen molar-refractivity contribution >= 4 is 5.78 Å². The van der Waals surface area contributed by atoms with E-state index in [0.29, 0.717) is 12.6 Å². The lowest BCUT2D eigenvalue weighted by Gasteiger charge is -2.32. The van der Waals surface area contributed by atoms with Crippen molar-refractivity contribution in [3.8, 4) is 5.75 Å². The van der Waals surface area contributed by atoms with Gasteiger partial charge < -0.3 is 4.74 Å². The number of likely N-dealkylation sites (tertiary alicyclic amines) is 1. The van der Waals surface area contributed by atoms with E-state index in [4.69, 9.17) is 4.74 Å². The Morgan fingerprint density at radius 2 is 2.32 bits per heavy atom. The summed E-state index contributed by atoms with van der Waals surface area (Å²) in [5, 5.41) is 0. The number of hydrogen-bond donors (Lipinski definition) is 0. The topological polar surface area (TPSA) is 29.5 Å². The number of fused-ring (bicyclic) bond motifs is 1. The zero-order valence-corrected chi connectivity index (χ0v) is 11.5. The maximum absolute atomic E-state index is 12.4. The Bertz CT molecular complexity index is 484. The highest BCUT2D eigenvalue weighted by Crippen LogP contribution is 2.26. The van der Waals surface area contributed by atoms with Crippen molar-refractivity contribution in [1.29, 1.82) is 0 Å². The van der Waals surface area contributed by atoms with Gasteiger partial charge in [-0.25, -0.2) is 0 Å². The minimum Gasteiger partial charge on any atom is -0.493 e. The molecule has 2 heterocycles. The van der Waals surface area contributed by atoms with Crippen LogP contribution in [0, 0.1) is 0 Å². The quantitative estimate of drug-likeness (QED) is 0.782. The van der Waals surface area contributed by atoms with E-state index >= 15 is 0 Å². The van der Waals surface area contributed by atoms with Crippen LogP contribution in [-0.4, -0.2) is 36.4 Å². The Kier molecular flexibility index (Phi) is 3.56. The van der Waals surface area contributed by atoms with E-state index in [0.717, 1.165) is 30.9 Å². The van der Waals surface area contributed by atoms with Gasteiger partial charge in [-0.1, -0.05) is 6.42 Å². The van der Waals surface area contributed by atoms with Crippen LogP contribution in [0.25, 0.3) is 0 Å². The lowest BCUT2D eigenvalue weighted by molar-refractivity contribution is 0.0860. The fourth-order valence-electron chi connectivity index (χ4n) is 3.03. The number of hydrogen-bond acceptors (Lipinski definition) is 3. The highest BCUT2D eigenvalue weighted by atomic mass is 16.5. The second-order valence-electron chi connectivity index (χ2n) is 5.66. The van der Waals surface area contributed by atoms with Gasteiger partial charge in [-0.05, 0) is 50.1 Å². The number of piperidine rings is 1. The summed E-state index contributed by atoms with van der Waals surface area (Å²) < 4.78 is 5.48. The van der Waals surface area contributed by atoms with Crippen molar-refractivity contribution in [3.05, 3.63) is 29.3 Å². The second-order valence-corrected chi connectivity index (χ2v) is 5.66. The van der Waals surface area contributed by atoms with Gasteiger partial charge in [0.15, 0.2) is 5.78 Å². The smallest absolute Gasteiger partial charge is 0.176 e. The van der Waals surface area contributed by atoms with Crippen LogP contribution >= 0.6 is 0 Å². The summed E-state index contributed by atoms with van der Waals surface area (Å²) in [5.74, 6) is 1.19. The number of benzene rings is 1. The first-order valence-corrected chi connectivity index (χ1v) is 7.27. The second kappa shape index (κ2) is 5.33. The van der Waals surface area contributed by atoms with Crippen LogP contribution in [0.3, 0.4) is 0 Å². The molecule has 0 spiro atoms. The van der Waals surface area contributed by atoms with E-state index < -0.39 is 0 Å². The first kappa shape index (κ1) is 12.7. The van der Waals surface area contributed by atoms with Gasteiger partial charge in [-0.2, -0.15) is 0 Å². The summed E-state index contributed by atoms with van der Waals surface area (Å²) in [6, 6.07) is 6.39. The van der Waals surface area contributed by atoms with E-state index in [1.165, 1.54) is 24.8 Å². The van der Waals surface area contributed by atoms with Crippen LogP contribution in [0.1, 0.15) is 42.1 Å². The van der Waals surface area contributed by atoms with E-state index in [9.17, 15) is 4.79 Å². The molecule has 102 valence electrons. The van der Waals surface area contributed by atoms with Gasteiger partial charge in [-0.15, -0.1) is 0 Å². The molecule has 2 aliphatic rings. The van der Waals surface area contributed by atoms with Crippen molar-refractivity contribution < 1.29 is 9.53 Å². The standard InChI is InChI=1S/C16H21NO2/c1-12-4-2-3-8-17(12)11-15(18)13-5-6-16-14(10-13)7-9-19-16/h5-6,10,12H,2-4,7-9,11H2,1H3. The minimum absolute atomic E-state index is 0.239. The molecule has 1 unspecified atom stereocenters. The first-order chi connectivity index (χ1) is 9.24. The van der Waals surface area contributed by atoms with Gasteiger partial charge >= 0.3 is 0 Å². The number of ether oxygens (including phenoxy) is 1. The SMILES string of the molecule is CC1CCCCN1CC(=O)c1ccc2c(c1)CCO2. The molecule has 3 heteroatoms. The maximum Gasteiger partial charge on any atom is 0.176 e. The lowest BCUT2D eigenvalue weighted by atomic mass is 10.0. The number of carbonyl (C=O) groups is 1. The predicted molar refractivity (Wildman–Crippen MR) is 74.9 cm³/mol. The summed E-state index contributed by atoms with van der Waals surface area (Å²) in [6.45, 7) is 4.58. The zero-order chi connectivity index (χ0) is 13.2.